The van der Waals surface area contributed by atoms with Crippen molar-refractivity contribution in [3.05, 3.63) is 76.7 Å². The van der Waals surface area contributed by atoms with Crippen LogP contribution in [-0.4, -0.2) is 6.98 Å². The molecule has 1 aliphatic rings. The van der Waals surface area contributed by atoms with Gasteiger partial charge in [-0.15, -0.1) is 0 Å². The zero-order valence-electron chi connectivity index (χ0n) is 11.9. The Bertz CT molecular complexity index is 835. The molecule has 3 aromatic rings. The van der Waals surface area contributed by atoms with Gasteiger partial charge in [-0.1, -0.05) is 64.4 Å². The molecule has 0 atom stereocenters. The predicted octanol–water partition coefficient (Wildman–Crippen LogP) is 5.18. The molecule has 0 amide bonds. The van der Waals surface area contributed by atoms with Crippen molar-refractivity contribution in [2.75, 3.05) is 10.5 Å². The number of halogens is 1. The van der Waals surface area contributed by atoms with Gasteiger partial charge in [0, 0.05) is 21.2 Å². The summed E-state index contributed by atoms with van der Waals surface area (Å²) in [6.45, 7) is 0.0829. The molecule has 0 spiro atoms. The molecule has 0 saturated carbocycles. The first kappa shape index (κ1) is 13.5. The van der Waals surface area contributed by atoms with Crippen molar-refractivity contribution in [3.8, 4) is 0 Å². The van der Waals surface area contributed by atoms with E-state index in [1.807, 2.05) is 12.1 Å². The lowest BCUT2D eigenvalue weighted by Crippen LogP contribution is -2.35. The summed E-state index contributed by atoms with van der Waals surface area (Å²) in [6.07, 6.45) is 2.13. The van der Waals surface area contributed by atoms with Crippen molar-refractivity contribution >= 4 is 51.1 Å². The van der Waals surface area contributed by atoms with Crippen LogP contribution in [0.3, 0.4) is 0 Å². The summed E-state index contributed by atoms with van der Waals surface area (Å²) in [6, 6.07) is 21.0. The van der Waals surface area contributed by atoms with Crippen molar-refractivity contribution in [3.63, 3.8) is 0 Å². The quantitative estimate of drug-likeness (QED) is 0.623. The largest absolute Gasteiger partial charge is 0.405 e. The van der Waals surface area contributed by atoms with Crippen LogP contribution in [0.2, 0.25) is 0 Å². The fourth-order valence-electron chi connectivity index (χ4n) is 2.87. The molecule has 106 valence electrons. The van der Waals surface area contributed by atoms with Gasteiger partial charge < -0.3 is 10.5 Å². The molecular weight excluding hydrogens is 335 g/mol. The maximum atomic E-state index is 3.54. The number of anilines is 2. The highest BCUT2D eigenvalue weighted by molar-refractivity contribution is 9.10. The van der Waals surface area contributed by atoms with Crippen molar-refractivity contribution < 1.29 is 0 Å². The third-order valence-electron chi connectivity index (χ3n) is 3.86. The normalized spacial score (nSPS) is 13.2. The third kappa shape index (κ3) is 2.50. The van der Waals surface area contributed by atoms with Crippen molar-refractivity contribution in [2.24, 2.45) is 0 Å². The summed E-state index contributed by atoms with van der Waals surface area (Å²) in [5.41, 5.74) is 3.53. The maximum Gasteiger partial charge on any atom is 0.398 e. The van der Waals surface area contributed by atoms with Crippen LogP contribution in [0.1, 0.15) is 5.56 Å². The van der Waals surface area contributed by atoms with Gasteiger partial charge in [0.2, 0.25) is 0 Å². The van der Waals surface area contributed by atoms with Crippen LogP contribution in [0.15, 0.2) is 71.1 Å². The smallest absolute Gasteiger partial charge is 0.398 e. The second-order valence-electron chi connectivity index (χ2n) is 5.39. The fourth-order valence-corrected chi connectivity index (χ4v) is 3.28. The molecule has 0 bridgehead atoms. The Labute approximate surface area is 138 Å². The lowest BCUT2D eigenvalue weighted by molar-refractivity contribution is 1.60. The molecule has 0 unspecified atom stereocenters. The average Bonchev–Trinajstić information content (AvgIpc) is 2.54. The summed E-state index contributed by atoms with van der Waals surface area (Å²) in [5, 5.41) is 9.59. The van der Waals surface area contributed by atoms with Crippen molar-refractivity contribution in [1.29, 1.82) is 0 Å². The Morgan fingerprint density at radius 1 is 0.864 bits per heavy atom. The van der Waals surface area contributed by atoms with Crippen LogP contribution < -0.4 is 10.5 Å². The van der Waals surface area contributed by atoms with Crippen molar-refractivity contribution in [2.45, 2.75) is 0 Å². The van der Waals surface area contributed by atoms with Crippen LogP contribution in [-0.2, 0) is 0 Å². The highest BCUT2D eigenvalue weighted by Gasteiger charge is 2.20. The minimum Gasteiger partial charge on any atom is -0.405 e. The van der Waals surface area contributed by atoms with Gasteiger partial charge in [0.25, 0.3) is 0 Å². The molecule has 2 N–H and O–H groups in total. The summed E-state index contributed by atoms with van der Waals surface area (Å²) < 4.78 is 1.09. The number of hydrogen-bond acceptors (Lipinski definition) is 2. The summed E-state index contributed by atoms with van der Waals surface area (Å²) >= 11 is 3.50. The molecule has 3 aromatic carbocycles. The van der Waals surface area contributed by atoms with E-state index in [9.17, 15) is 0 Å². The highest BCUT2D eigenvalue weighted by atomic mass is 79.9. The van der Waals surface area contributed by atoms with Gasteiger partial charge in [-0.05, 0) is 35.2 Å². The van der Waals surface area contributed by atoms with Crippen LogP contribution in [0, 0.1) is 0 Å². The number of hydrogen-bond donors (Lipinski definition) is 2. The number of nitrogens with one attached hydrogen (secondary N) is 2. The monoisotopic (exact) mass is 348 g/mol. The molecule has 0 radical (unpaired) electrons. The molecule has 0 fully saturated rings. The zero-order valence-corrected chi connectivity index (χ0v) is 13.5. The van der Waals surface area contributed by atoms with E-state index < -0.39 is 0 Å². The zero-order chi connectivity index (χ0) is 14.9. The molecule has 4 rings (SSSR count). The molecule has 22 heavy (non-hydrogen) atoms. The lowest BCUT2D eigenvalue weighted by atomic mass is 9.73. The number of benzene rings is 3. The Hall–Kier alpha value is -2.20. The fraction of sp³-hybridized carbons (Fsp3) is 0. The van der Waals surface area contributed by atoms with Gasteiger partial charge in [0.05, 0.1) is 0 Å². The van der Waals surface area contributed by atoms with E-state index >= 15 is 0 Å². The van der Waals surface area contributed by atoms with Gasteiger partial charge in [-0.3, -0.25) is 0 Å². The Morgan fingerprint density at radius 3 is 2.23 bits per heavy atom. The first-order valence-corrected chi connectivity index (χ1v) is 8.07. The Balaban J connectivity index is 1.64. The Kier molecular flexibility index (Phi) is 3.39. The van der Waals surface area contributed by atoms with Gasteiger partial charge in [0.1, 0.15) is 0 Å². The van der Waals surface area contributed by atoms with E-state index in [0.29, 0.717) is 0 Å². The van der Waals surface area contributed by atoms with Gasteiger partial charge >= 0.3 is 6.98 Å². The van der Waals surface area contributed by atoms with Crippen LogP contribution >= 0.6 is 15.9 Å². The average molecular weight is 349 g/mol. The molecule has 1 heterocycles. The summed E-state index contributed by atoms with van der Waals surface area (Å²) in [4.78, 5) is 0. The van der Waals surface area contributed by atoms with E-state index in [2.05, 4.69) is 87.0 Å². The highest BCUT2D eigenvalue weighted by Crippen LogP contribution is 2.34. The standard InChI is InChI=1S/C18H14BBrN2/c20-15-7-1-4-13(12-15)10-11-19-21-16-8-2-5-14-6-3-9-17(22-19)18(14)16/h1-12,21-22H/b11-10-. The third-order valence-corrected chi connectivity index (χ3v) is 4.35. The van der Waals surface area contributed by atoms with Gasteiger partial charge in [0.15, 0.2) is 0 Å². The number of rotatable bonds is 2. The molecule has 1 aliphatic heterocycles. The molecule has 2 nitrogen and oxygen atoms in total. The maximum absolute atomic E-state index is 3.54. The molecule has 4 heteroatoms. The van der Waals surface area contributed by atoms with E-state index in [1.165, 1.54) is 27.7 Å². The van der Waals surface area contributed by atoms with Gasteiger partial charge in [-0.25, -0.2) is 0 Å². The first-order chi connectivity index (χ1) is 10.8. The van der Waals surface area contributed by atoms with E-state index in [1.54, 1.807) is 0 Å². The van der Waals surface area contributed by atoms with Crippen molar-refractivity contribution in [1.82, 2.24) is 0 Å². The predicted molar refractivity (Wildman–Crippen MR) is 100 cm³/mol. The summed E-state index contributed by atoms with van der Waals surface area (Å²) in [7, 11) is 0. The van der Waals surface area contributed by atoms with E-state index in [4.69, 9.17) is 0 Å². The minimum absolute atomic E-state index is 0.0829. The Morgan fingerprint density at radius 2 is 1.55 bits per heavy atom. The molecule has 0 saturated heterocycles. The second kappa shape index (κ2) is 5.54. The lowest BCUT2D eigenvalue weighted by Gasteiger charge is -2.24. The van der Waals surface area contributed by atoms with Crippen LogP contribution in [0.5, 0.6) is 0 Å². The van der Waals surface area contributed by atoms with E-state index in [0.717, 1.165) is 4.47 Å². The molecule has 0 aliphatic carbocycles. The topological polar surface area (TPSA) is 24.1 Å². The second-order valence-corrected chi connectivity index (χ2v) is 6.31. The minimum atomic E-state index is 0.0829. The molecule has 0 aromatic heterocycles. The first-order valence-electron chi connectivity index (χ1n) is 7.28. The van der Waals surface area contributed by atoms with E-state index in [-0.39, 0.29) is 6.98 Å². The molecular formula is C18H14BBrN2. The summed E-state index contributed by atoms with van der Waals surface area (Å²) in [5.74, 6) is 2.15. The van der Waals surface area contributed by atoms with Crippen LogP contribution in [0.25, 0.3) is 16.8 Å². The SMILES string of the molecule is Brc1cccc(/C=C\B2Nc3cccc4cccc(c34)N2)c1. The van der Waals surface area contributed by atoms with Gasteiger partial charge in [-0.2, -0.15) is 0 Å². The van der Waals surface area contributed by atoms with Crippen LogP contribution in [0.4, 0.5) is 11.4 Å².